The van der Waals surface area contributed by atoms with Crippen molar-refractivity contribution in [2.75, 3.05) is 7.11 Å². The highest BCUT2D eigenvalue weighted by molar-refractivity contribution is 7.99. The highest BCUT2D eigenvalue weighted by atomic mass is 32.2. The van der Waals surface area contributed by atoms with Gasteiger partial charge in [0.05, 0.1) is 12.0 Å². The number of rotatable bonds is 9. The van der Waals surface area contributed by atoms with Crippen molar-refractivity contribution in [2.24, 2.45) is 0 Å². The normalized spacial score (nSPS) is 12.8. The SMILES string of the molecule is CCC(CC)(P(=O)(O)O)S(=O)(=O)c1cc(C)c(Oc2ccc(OC)c(C(C)C)c2)c(C)c1. The van der Waals surface area contributed by atoms with Crippen LogP contribution in [0.5, 0.6) is 17.2 Å². The maximum absolute atomic E-state index is 13.4. The molecule has 32 heavy (non-hydrogen) atoms. The molecule has 0 saturated carbocycles. The summed E-state index contributed by atoms with van der Waals surface area (Å²) in [6, 6.07) is 8.33. The van der Waals surface area contributed by atoms with Crippen molar-refractivity contribution in [3.63, 3.8) is 0 Å². The fraction of sp³-hybridized carbons (Fsp3) is 0.478. The molecule has 0 unspecified atom stereocenters. The van der Waals surface area contributed by atoms with Crippen LogP contribution in [0.3, 0.4) is 0 Å². The van der Waals surface area contributed by atoms with Crippen LogP contribution in [0.4, 0.5) is 0 Å². The van der Waals surface area contributed by atoms with E-state index in [-0.39, 0.29) is 23.7 Å². The predicted octanol–water partition coefficient (Wildman–Crippen LogP) is 5.70. The van der Waals surface area contributed by atoms with E-state index in [4.69, 9.17) is 9.47 Å². The molecule has 0 saturated heterocycles. The Bertz CT molecular complexity index is 1110. The smallest absolute Gasteiger partial charge is 0.347 e. The van der Waals surface area contributed by atoms with Gasteiger partial charge < -0.3 is 19.3 Å². The van der Waals surface area contributed by atoms with Crippen molar-refractivity contribution in [3.05, 3.63) is 47.0 Å². The van der Waals surface area contributed by atoms with Gasteiger partial charge in [0.1, 0.15) is 17.2 Å². The lowest BCUT2D eigenvalue weighted by Crippen LogP contribution is -2.37. The second-order valence-corrected chi connectivity index (χ2v) is 12.8. The van der Waals surface area contributed by atoms with Gasteiger partial charge in [0.25, 0.3) is 0 Å². The fourth-order valence-electron chi connectivity index (χ4n) is 3.99. The number of hydrogen-bond donors (Lipinski definition) is 2. The molecule has 2 aromatic carbocycles. The van der Waals surface area contributed by atoms with E-state index in [1.807, 2.05) is 26.0 Å². The Hall–Kier alpha value is -1.86. The van der Waals surface area contributed by atoms with Crippen LogP contribution in [-0.4, -0.2) is 29.8 Å². The lowest BCUT2D eigenvalue weighted by Gasteiger charge is -2.32. The number of sulfone groups is 1. The first-order valence-corrected chi connectivity index (χ1v) is 13.6. The average molecular weight is 485 g/mol. The molecule has 0 heterocycles. The van der Waals surface area contributed by atoms with Crippen molar-refractivity contribution < 1.29 is 32.2 Å². The van der Waals surface area contributed by atoms with Gasteiger partial charge in [0.15, 0.2) is 14.3 Å². The van der Waals surface area contributed by atoms with E-state index in [0.29, 0.717) is 22.6 Å². The molecule has 178 valence electrons. The quantitative estimate of drug-likeness (QED) is 0.440. The molecular weight excluding hydrogens is 451 g/mol. The lowest BCUT2D eigenvalue weighted by molar-refractivity contribution is 0.341. The summed E-state index contributed by atoms with van der Waals surface area (Å²) in [5, 5.41) is 0. The van der Waals surface area contributed by atoms with Gasteiger partial charge in [-0.15, -0.1) is 0 Å². The summed E-state index contributed by atoms with van der Waals surface area (Å²) >= 11 is 0. The molecule has 0 radical (unpaired) electrons. The van der Waals surface area contributed by atoms with Gasteiger partial charge >= 0.3 is 7.60 Å². The Morgan fingerprint density at radius 2 is 1.56 bits per heavy atom. The molecule has 2 N–H and O–H groups in total. The van der Waals surface area contributed by atoms with Crippen LogP contribution in [0.1, 0.15) is 63.1 Å². The Kier molecular flexibility index (Phi) is 7.88. The molecule has 2 rings (SSSR count). The number of methoxy groups -OCH3 is 1. The molecule has 0 fully saturated rings. The largest absolute Gasteiger partial charge is 0.496 e. The van der Waals surface area contributed by atoms with Crippen LogP contribution in [-0.2, 0) is 14.4 Å². The average Bonchev–Trinajstić information content (AvgIpc) is 2.70. The van der Waals surface area contributed by atoms with Crippen molar-refractivity contribution in [1.82, 2.24) is 0 Å². The van der Waals surface area contributed by atoms with Crippen LogP contribution in [0, 0.1) is 13.8 Å². The summed E-state index contributed by atoms with van der Waals surface area (Å²) in [7, 11) is -7.65. The first-order chi connectivity index (χ1) is 14.8. The van der Waals surface area contributed by atoms with Crippen molar-refractivity contribution in [3.8, 4) is 17.2 Å². The molecule has 9 heteroatoms. The minimum atomic E-state index is -4.94. The van der Waals surface area contributed by atoms with Gasteiger partial charge in [0, 0.05) is 5.56 Å². The van der Waals surface area contributed by atoms with Crippen molar-refractivity contribution in [1.29, 1.82) is 0 Å². The molecular formula is C23H33O7PS. The Morgan fingerprint density at radius 1 is 1.03 bits per heavy atom. The minimum absolute atomic E-state index is 0.121. The van der Waals surface area contributed by atoms with Crippen LogP contribution >= 0.6 is 7.60 Å². The van der Waals surface area contributed by atoms with Gasteiger partial charge in [-0.25, -0.2) is 8.42 Å². The summed E-state index contributed by atoms with van der Waals surface area (Å²) in [6.07, 6.45) is -0.396. The molecule has 2 aromatic rings. The standard InChI is InChI=1S/C23H33O7PS/c1-8-23(9-2,31(24,25)26)32(27,28)19-12-16(5)22(17(6)13-19)30-18-10-11-21(29-7)20(14-18)15(3)4/h10-15H,8-9H2,1-7H3,(H2,24,25,26). The fourth-order valence-corrected chi connectivity index (χ4v) is 8.24. The summed E-state index contributed by atoms with van der Waals surface area (Å²) in [4.78, 5) is 19.7. The Balaban J connectivity index is 2.56. The highest BCUT2D eigenvalue weighted by Gasteiger charge is 2.55. The van der Waals surface area contributed by atoms with Gasteiger partial charge in [-0.1, -0.05) is 27.7 Å². The maximum Gasteiger partial charge on any atom is 0.347 e. The summed E-state index contributed by atoms with van der Waals surface area (Å²) in [5.74, 6) is 2.06. The topological polar surface area (TPSA) is 110 Å². The maximum atomic E-state index is 13.4. The highest BCUT2D eigenvalue weighted by Crippen LogP contribution is 2.59. The van der Waals surface area contributed by atoms with Crippen LogP contribution in [0.25, 0.3) is 0 Å². The summed E-state index contributed by atoms with van der Waals surface area (Å²) in [5.41, 5.74) is 2.09. The predicted molar refractivity (Wildman–Crippen MR) is 126 cm³/mol. The molecule has 0 spiro atoms. The number of hydrogen-bond acceptors (Lipinski definition) is 5. The first kappa shape index (κ1) is 26.4. The van der Waals surface area contributed by atoms with Gasteiger partial charge in [-0.05, 0) is 74.1 Å². The van der Waals surface area contributed by atoms with Crippen molar-refractivity contribution in [2.45, 2.75) is 69.7 Å². The molecule has 0 aliphatic heterocycles. The number of ether oxygens (including phenoxy) is 2. The molecule has 0 aromatic heterocycles. The summed E-state index contributed by atoms with van der Waals surface area (Å²) < 4.78 is 48.3. The third-order valence-electron chi connectivity index (χ3n) is 5.92. The third kappa shape index (κ3) is 4.60. The van der Waals surface area contributed by atoms with E-state index in [2.05, 4.69) is 0 Å². The van der Waals surface area contributed by atoms with Gasteiger partial charge in [-0.2, -0.15) is 0 Å². The van der Waals surface area contributed by atoms with E-state index >= 15 is 0 Å². The molecule has 0 atom stereocenters. The van der Waals surface area contributed by atoms with Gasteiger partial charge in [0.2, 0.25) is 0 Å². The van der Waals surface area contributed by atoms with E-state index in [1.54, 1.807) is 27.0 Å². The zero-order chi connectivity index (χ0) is 24.5. The zero-order valence-electron chi connectivity index (χ0n) is 19.7. The molecule has 0 amide bonds. The summed E-state index contributed by atoms with van der Waals surface area (Å²) in [6.45, 7) is 10.5. The third-order valence-corrected chi connectivity index (χ3v) is 11.5. The second kappa shape index (κ2) is 9.56. The van der Waals surface area contributed by atoms with E-state index in [9.17, 15) is 22.8 Å². The van der Waals surface area contributed by atoms with E-state index in [1.165, 1.54) is 26.0 Å². The molecule has 0 aliphatic carbocycles. The monoisotopic (exact) mass is 484 g/mol. The molecule has 0 bridgehead atoms. The van der Waals surface area contributed by atoms with Crippen LogP contribution in [0.2, 0.25) is 0 Å². The Morgan fingerprint density at radius 3 is 1.97 bits per heavy atom. The minimum Gasteiger partial charge on any atom is -0.496 e. The van der Waals surface area contributed by atoms with Crippen LogP contribution in [0.15, 0.2) is 35.2 Å². The van der Waals surface area contributed by atoms with Gasteiger partial charge in [-0.3, -0.25) is 4.57 Å². The Labute approximate surface area is 190 Å². The lowest BCUT2D eigenvalue weighted by atomic mass is 10.0. The van der Waals surface area contributed by atoms with E-state index in [0.717, 1.165) is 11.3 Å². The van der Waals surface area contributed by atoms with Crippen LogP contribution < -0.4 is 9.47 Å². The molecule has 7 nitrogen and oxygen atoms in total. The number of aryl methyl sites for hydroxylation is 2. The van der Waals surface area contributed by atoms with E-state index < -0.39 is 21.9 Å². The second-order valence-electron chi connectivity index (χ2n) is 8.25. The molecule has 0 aliphatic rings. The zero-order valence-corrected chi connectivity index (χ0v) is 21.4. The van der Waals surface area contributed by atoms with Crippen molar-refractivity contribution >= 4 is 17.4 Å². The number of benzene rings is 2. The first-order valence-electron chi connectivity index (χ1n) is 10.5.